The van der Waals surface area contributed by atoms with E-state index in [-0.39, 0.29) is 5.54 Å². The van der Waals surface area contributed by atoms with Gasteiger partial charge in [-0.2, -0.15) is 0 Å². The maximum Gasteiger partial charge on any atom is 0.203 e. The topological polar surface area (TPSA) is 57.2 Å². The SMILES string of the molecule is COc1cc(COCC2(N(C)C)CCS(=O)c3ccccc32)cc(OC)c1OC. The van der Waals surface area contributed by atoms with Gasteiger partial charge in [0.2, 0.25) is 5.75 Å². The molecule has 0 N–H and O–H groups in total. The summed E-state index contributed by atoms with van der Waals surface area (Å²) in [6.45, 7) is 0.891. The number of benzene rings is 2. The monoisotopic (exact) mass is 419 g/mol. The lowest BCUT2D eigenvalue weighted by atomic mass is 9.86. The molecule has 7 heteroatoms. The minimum atomic E-state index is -0.961. The van der Waals surface area contributed by atoms with Crippen LogP contribution in [0.1, 0.15) is 17.5 Å². The van der Waals surface area contributed by atoms with Crippen LogP contribution in [-0.4, -0.2) is 56.9 Å². The standard InChI is InChI=1S/C22H29NO5S/c1-23(2)22(10-11-29(24)20-9-7-6-8-17(20)22)15-28-14-16-12-18(25-3)21(27-5)19(13-16)26-4/h6-9,12-13H,10-11,14-15H2,1-5H3. The molecule has 0 aliphatic carbocycles. The highest BCUT2D eigenvalue weighted by atomic mass is 32.2. The first-order valence-electron chi connectivity index (χ1n) is 9.48. The van der Waals surface area contributed by atoms with Gasteiger partial charge in [-0.05, 0) is 49.8 Å². The predicted octanol–water partition coefficient (Wildman–Crippen LogP) is 3.20. The summed E-state index contributed by atoms with van der Waals surface area (Å²) in [5, 5.41) is 0. The van der Waals surface area contributed by atoms with Crippen molar-refractivity contribution in [2.45, 2.75) is 23.5 Å². The number of likely N-dealkylation sites (N-methyl/N-ethyl adjacent to an activating group) is 1. The molecule has 1 aliphatic rings. The lowest BCUT2D eigenvalue weighted by Gasteiger charge is -2.43. The third kappa shape index (κ3) is 4.13. The molecule has 2 atom stereocenters. The van der Waals surface area contributed by atoms with E-state index in [9.17, 15) is 4.21 Å². The first-order chi connectivity index (χ1) is 14.0. The fraction of sp³-hybridized carbons (Fsp3) is 0.455. The highest BCUT2D eigenvalue weighted by Gasteiger charge is 2.41. The first kappa shape index (κ1) is 21.6. The van der Waals surface area contributed by atoms with Gasteiger partial charge in [-0.15, -0.1) is 0 Å². The second kappa shape index (κ2) is 9.15. The number of ether oxygens (including phenoxy) is 4. The molecule has 0 spiro atoms. The Kier molecular flexibility index (Phi) is 6.82. The van der Waals surface area contributed by atoms with Crippen LogP contribution in [0.3, 0.4) is 0 Å². The summed E-state index contributed by atoms with van der Waals surface area (Å²) >= 11 is 0. The maximum absolute atomic E-state index is 12.5. The Morgan fingerprint density at radius 1 is 1.03 bits per heavy atom. The van der Waals surface area contributed by atoms with E-state index in [4.69, 9.17) is 18.9 Å². The molecule has 158 valence electrons. The molecule has 3 rings (SSSR count). The molecule has 29 heavy (non-hydrogen) atoms. The van der Waals surface area contributed by atoms with Crippen LogP contribution in [0.4, 0.5) is 0 Å². The van der Waals surface area contributed by atoms with Crippen LogP contribution in [0, 0.1) is 0 Å². The van der Waals surface area contributed by atoms with Crippen molar-refractivity contribution in [1.29, 1.82) is 0 Å². The molecule has 0 saturated carbocycles. The average Bonchev–Trinajstić information content (AvgIpc) is 2.74. The number of hydrogen-bond acceptors (Lipinski definition) is 6. The fourth-order valence-electron chi connectivity index (χ4n) is 3.86. The second-order valence-electron chi connectivity index (χ2n) is 7.25. The zero-order valence-corrected chi connectivity index (χ0v) is 18.5. The van der Waals surface area contributed by atoms with Gasteiger partial charge in [0, 0.05) is 10.6 Å². The minimum absolute atomic E-state index is 0.314. The second-order valence-corrected chi connectivity index (χ2v) is 8.79. The fourth-order valence-corrected chi connectivity index (χ4v) is 5.33. The van der Waals surface area contributed by atoms with E-state index in [0.717, 1.165) is 22.4 Å². The van der Waals surface area contributed by atoms with Gasteiger partial charge in [-0.25, -0.2) is 0 Å². The lowest BCUT2D eigenvalue weighted by Crippen LogP contribution is -2.49. The number of methoxy groups -OCH3 is 3. The lowest BCUT2D eigenvalue weighted by molar-refractivity contribution is -0.000131. The third-order valence-corrected chi connectivity index (χ3v) is 6.95. The number of rotatable bonds is 8. The zero-order chi connectivity index (χ0) is 21.0. The number of hydrogen-bond donors (Lipinski definition) is 0. The molecule has 0 bridgehead atoms. The van der Waals surface area contributed by atoms with E-state index in [2.05, 4.69) is 11.0 Å². The molecule has 0 saturated heterocycles. The summed E-state index contributed by atoms with van der Waals surface area (Å²) in [5.74, 6) is 2.40. The van der Waals surface area contributed by atoms with Crippen LogP contribution in [-0.2, 0) is 27.7 Å². The molecule has 2 unspecified atom stereocenters. The van der Waals surface area contributed by atoms with Gasteiger partial charge in [0.25, 0.3) is 0 Å². The predicted molar refractivity (Wildman–Crippen MR) is 113 cm³/mol. The van der Waals surface area contributed by atoms with E-state index in [1.165, 1.54) is 0 Å². The normalized spacial score (nSPS) is 21.0. The van der Waals surface area contributed by atoms with Crippen molar-refractivity contribution in [2.75, 3.05) is 47.8 Å². The third-order valence-electron chi connectivity index (χ3n) is 5.52. The van der Waals surface area contributed by atoms with Crippen molar-refractivity contribution in [1.82, 2.24) is 4.90 Å². The van der Waals surface area contributed by atoms with Gasteiger partial charge >= 0.3 is 0 Å². The van der Waals surface area contributed by atoms with E-state index >= 15 is 0 Å². The number of nitrogens with zero attached hydrogens (tertiary/aromatic N) is 1. The maximum atomic E-state index is 12.5. The molecule has 2 aromatic rings. The van der Waals surface area contributed by atoms with E-state index in [1.807, 2.05) is 44.4 Å². The van der Waals surface area contributed by atoms with E-state index in [1.54, 1.807) is 21.3 Å². The van der Waals surface area contributed by atoms with Crippen molar-refractivity contribution < 1.29 is 23.2 Å². The molecule has 1 aliphatic heterocycles. The molecular weight excluding hydrogens is 390 g/mol. The molecule has 2 aromatic carbocycles. The molecule has 0 fully saturated rings. The van der Waals surface area contributed by atoms with Crippen molar-refractivity contribution in [3.63, 3.8) is 0 Å². The van der Waals surface area contributed by atoms with Crippen LogP contribution in [0.25, 0.3) is 0 Å². The molecule has 0 aromatic heterocycles. The Labute approximate surface area is 175 Å². The molecule has 0 radical (unpaired) electrons. The highest BCUT2D eigenvalue weighted by molar-refractivity contribution is 7.85. The largest absolute Gasteiger partial charge is 0.493 e. The molecule has 6 nitrogen and oxygen atoms in total. The summed E-state index contributed by atoms with van der Waals surface area (Å²) in [6.07, 6.45) is 0.777. The van der Waals surface area contributed by atoms with Gasteiger partial charge in [0.15, 0.2) is 11.5 Å². The van der Waals surface area contributed by atoms with Crippen molar-refractivity contribution in [3.8, 4) is 17.2 Å². The van der Waals surface area contributed by atoms with Gasteiger partial charge < -0.3 is 18.9 Å². The zero-order valence-electron chi connectivity index (χ0n) is 17.7. The van der Waals surface area contributed by atoms with Crippen LogP contribution in [0.5, 0.6) is 17.2 Å². The summed E-state index contributed by atoms with van der Waals surface area (Å²) in [5.41, 5.74) is 1.70. The average molecular weight is 420 g/mol. The van der Waals surface area contributed by atoms with Crippen molar-refractivity contribution >= 4 is 10.8 Å². The van der Waals surface area contributed by atoms with E-state index in [0.29, 0.717) is 36.2 Å². The molecule has 1 heterocycles. The van der Waals surface area contributed by atoms with Crippen LogP contribution < -0.4 is 14.2 Å². The summed E-state index contributed by atoms with van der Waals surface area (Å²) in [7, 11) is 7.92. The van der Waals surface area contributed by atoms with Crippen molar-refractivity contribution in [2.24, 2.45) is 0 Å². The van der Waals surface area contributed by atoms with Gasteiger partial charge in [0.1, 0.15) is 0 Å². The Morgan fingerprint density at radius 3 is 2.28 bits per heavy atom. The minimum Gasteiger partial charge on any atom is -0.493 e. The quantitative estimate of drug-likeness (QED) is 0.655. The number of fused-ring (bicyclic) bond motifs is 1. The van der Waals surface area contributed by atoms with Crippen LogP contribution in [0.2, 0.25) is 0 Å². The Balaban J connectivity index is 1.83. The van der Waals surface area contributed by atoms with Gasteiger partial charge in [0.05, 0.1) is 50.9 Å². The molecular formula is C22H29NO5S. The molecule has 0 amide bonds. The van der Waals surface area contributed by atoms with Gasteiger partial charge in [-0.3, -0.25) is 9.11 Å². The smallest absolute Gasteiger partial charge is 0.203 e. The Morgan fingerprint density at radius 2 is 1.69 bits per heavy atom. The summed E-state index contributed by atoms with van der Waals surface area (Å²) < 4.78 is 34.9. The summed E-state index contributed by atoms with van der Waals surface area (Å²) in [4.78, 5) is 3.08. The van der Waals surface area contributed by atoms with E-state index < -0.39 is 10.8 Å². The Bertz CT molecular complexity index is 860. The van der Waals surface area contributed by atoms with Crippen LogP contribution in [0.15, 0.2) is 41.3 Å². The highest BCUT2D eigenvalue weighted by Crippen LogP contribution is 2.40. The van der Waals surface area contributed by atoms with Crippen molar-refractivity contribution in [3.05, 3.63) is 47.5 Å². The van der Waals surface area contributed by atoms with Crippen LogP contribution >= 0.6 is 0 Å². The first-order valence-corrected chi connectivity index (χ1v) is 10.8. The summed E-state index contributed by atoms with van der Waals surface area (Å²) in [6, 6.07) is 11.8. The van der Waals surface area contributed by atoms with Gasteiger partial charge in [-0.1, -0.05) is 18.2 Å². The Hall–Kier alpha value is -2.09.